The summed E-state index contributed by atoms with van der Waals surface area (Å²) in [7, 11) is 0. The third-order valence-corrected chi connectivity index (χ3v) is 4.23. The highest BCUT2D eigenvalue weighted by Gasteiger charge is 2.35. The molecule has 1 amide bonds. The second kappa shape index (κ2) is 6.44. The second-order valence-corrected chi connectivity index (χ2v) is 5.97. The van der Waals surface area contributed by atoms with Gasteiger partial charge in [0.2, 0.25) is 17.7 Å². The summed E-state index contributed by atoms with van der Waals surface area (Å²) < 4.78 is 38.8. The van der Waals surface area contributed by atoms with Gasteiger partial charge in [0.15, 0.2) is 11.5 Å². The summed E-state index contributed by atoms with van der Waals surface area (Å²) in [6.07, 6.45) is -3.62. The Morgan fingerprint density at radius 3 is 2.74 bits per heavy atom. The minimum absolute atomic E-state index is 0.356. The zero-order valence-electron chi connectivity index (χ0n) is 13.7. The van der Waals surface area contributed by atoms with E-state index in [9.17, 15) is 18.0 Å². The molecule has 0 unspecified atom stereocenters. The van der Waals surface area contributed by atoms with Crippen LogP contribution in [0.5, 0.6) is 0 Å². The summed E-state index contributed by atoms with van der Waals surface area (Å²) in [5, 5.41) is 22.8. The highest BCUT2D eigenvalue weighted by molar-refractivity contribution is 5.91. The molecular formula is C13H13F3N10O. The highest BCUT2D eigenvalue weighted by atomic mass is 19.4. The molecule has 3 aromatic rings. The fourth-order valence-electron chi connectivity index (χ4n) is 2.84. The number of nitrogens with zero attached hydrogens (tertiary/aromatic N) is 8. The van der Waals surface area contributed by atoms with Crippen LogP contribution in [-0.4, -0.2) is 59.4 Å². The summed E-state index contributed by atoms with van der Waals surface area (Å²) in [6.45, 7) is 1.11. The molecule has 1 aliphatic rings. The smallest absolute Gasteiger partial charge is 0.355 e. The molecule has 0 radical (unpaired) electrons. The van der Waals surface area contributed by atoms with Crippen molar-refractivity contribution in [3.05, 3.63) is 18.0 Å². The lowest BCUT2D eigenvalue weighted by atomic mass is 9.96. The number of piperidine rings is 1. The fourth-order valence-corrected chi connectivity index (χ4v) is 2.84. The van der Waals surface area contributed by atoms with Crippen molar-refractivity contribution in [3.63, 3.8) is 0 Å². The summed E-state index contributed by atoms with van der Waals surface area (Å²) in [5.74, 6) is -1.73. The summed E-state index contributed by atoms with van der Waals surface area (Å²) in [5.41, 5.74) is 0.526. The number of hydrogen-bond donors (Lipinski definition) is 2. The molecule has 0 bridgehead atoms. The van der Waals surface area contributed by atoms with Crippen LogP contribution >= 0.6 is 0 Å². The van der Waals surface area contributed by atoms with Crippen molar-refractivity contribution in [1.82, 2.24) is 40.4 Å². The van der Waals surface area contributed by atoms with Gasteiger partial charge in [0.25, 0.3) is 0 Å². The number of rotatable bonds is 3. The Morgan fingerprint density at radius 2 is 2.04 bits per heavy atom. The van der Waals surface area contributed by atoms with Crippen molar-refractivity contribution in [3.8, 4) is 0 Å². The molecule has 142 valence electrons. The first kappa shape index (κ1) is 17.1. The highest BCUT2D eigenvalue weighted by Crippen LogP contribution is 2.27. The van der Waals surface area contributed by atoms with Crippen LogP contribution in [0.1, 0.15) is 18.7 Å². The van der Waals surface area contributed by atoms with Crippen molar-refractivity contribution in [2.24, 2.45) is 5.92 Å². The van der Waals surface area contributed by atoms with Crippen molar-refractivity contribution >= 4 is 23.3 Å². The summed E-state index contributed by atoms with van der Waals surface area (Å²) >= 11 is 0. The molecule has 3 aromatic heterocycles. The van der Waals surface area contributed by atoms with Gasteiger partial charge in [-0.05, 0) is 35.4 Å². The first-order chi connectivity index (χ1) is 12.9. The normalized spacial score (nSPS) is 16.0. The number of aromatic amines is 1. The van der Waals surface area contributed by atoms with E-state index in [1.807, 2.05) is 4.90 Å². The van der Waals surface area contributed by atoms with Crippen LogP contribution in [-0.2, 0) is 11.0 Å². The van der Waals surface area contributed by atoms with Gasteiger partial charge in [-0.25, -0.2) is 0 Å². The van der Waals surface area contributed by atoms with Crippen LogP contribution in [0.3, 0.4) is 0 Å². The number of amides is 1. The number of alkyl halides is 3. The van der Waals surface area contributed by atoms with Gasteiger partial charge in [-0.15, -0.1) is 19.9 Å². The average Bonchev–Trinajstić information content (AvgIpc) is 3.30. The monoisotopic (exact) mass is 382 g/mol. The quantitative estimate of drug-likeness (QED) is 0.670. The van der Waals surface area contributed by atoms with E-state index >= 15 is 0 Å². The van der Waals surface area contributed by atoms with Gasteiger partial charge in [-0.3, -0.25) is 15.2 Å². The number of halogens is 3. The molecule has 1 saturated heterocycles. The maximum Gasteiger partial charge on any atom is 0.451 e. The number of aromatic nitrogens is 8. The van der Waals surface area contributed by atoms with Gasteiger partial charge in [-0.2, -0.15) is 18.2 Å². The number of nitrogens with one attached hydrogen (secondary N) is 2. The Morgan fingerprint density at radius 1 is 1.26 bits per heavy atom. The maximum atomic E-state index is 12.5. The van der Waals surface area contributed by atoms with E-state index < -0.39 is 17.9 Å². The van der Waals surface area contributed by atoms with Crippen molar-refractivity contribution < 1.29 is 18.0 Å². The van der Waals surface area contributed by atoms with Gasteiger partial charge >= 0.3 is 6.18 Å². The zero-order chi connectivity index (χ0) is 19.0. The van der Waals surface area contributed by atoms with Crippen LogP contribution in [0.4, 0.5) is 24.9 Å². The van der Waals surface area contributed by atoms with Gasteiger partial charge in [0.05, 0.1) is 0 Å². The lowest BCUT2D eigenvalue weighted by Gasteiger charge is -2.31. The molecule has 0 aliphatic carbocycles. The number of hydrogen-bond acceptors (Lipinski definition) is 8. The van der Waals surface area contributed by atoms with Crippen molar-refractivity contribution in [2.45, 2.75) is 19.0 Å². The molecule has 11 nitrogen and oxygen atoms in total. The fraction of sp³-hybridized carbons (Fsp3) is 0.462. The van der Waals surface area contributed by atoms with Crippen molar-refractivity contribution in [1.29, 1.82) is 0 Å². The molecular weight excluding hydrogens is 369 g/mol. The number of carbonyl (C=O) groups is 1. The third kappa shape index (κ3) is 3.50. The standard InChI is InChI=1S/C13H13F3N10O/c14-13(15,16)11-18-12(21-20-11)17-10(27)7-3-5-25(6-4-7)9-2-1-8-19-23-24-26(8)22-9/h1-2,7H,3-6H2,(H2,17,18,20,21,27). The Balaban J connectivity index is 1.35. The van der Waals surface area contributed by atoms with E-state index in [4.69, 9.17) is 0 Å². The molecule has 4 heterocycles. The SMILES string of the molecule is O=C(Nc1n[nH]c(C(F)(F)F)n1)C1CCN(c2ccc3nnnn3n2)CC1. The minimum atomic E-state index is -4.64. The topological polar surface area (TPSA) is 130 Å². The van der Waals surface area contributed by atoms with Crippen LogP contribution in [0.15, 0.2) is 12.1 Å². The molecule has 0 saturated carbocycles. The average molecular weight is 382 g/mol. The number of H-pyrrole nitrogens is 1. The molecule has 1 aliphatic heterocycles. The van der Waals surface area contributed by atoms with Crippen LogP contribution < -0.4 is 10.2 Å². The molecule has 1 fully saturated rings. The van der Waals surface area contributed by atoms with E-state index in [-0.39, 0.29) is 11.9 Å². The van der Waals surface area contributed by atoms with Gasteiger partial charge < -0.3 is 4.90 Å². The van der Waals surface area contributed by atoms with Gasteiger partial charge in [0.1, 0.15) is 0 Å². The predicted molar refractivity (Wildman–Crippen MR) is 83.5 cm³/mol. The zero-order valence-corrected chi connectivity index (χ0v) is 13.7. The van der Waals surface area contributed by atoms with Crippen LogP contribution in [0.2, 0.25) is 0 Å². The first-order valence-electron chi connectivity index (χ1n) is 8.01. The van der Waals surface area contributed by atoms with Crippen molar-refractivity contribution in [2.75, 3.05) is 23.3 Å². The number of fused-ring (bicyclic) bond motifs is 1. The van der Waals surface area contributed by atoms with E-state index in [0.29, 0.717) is 37.4 Å². The molecule has 2 N–H and O–H groups in total. The maximum absolute atomic E-state index is 12.5. The molecule has 14 heteroatoms. The lowest BCUT2D eigenvalue weighted by Crippen LogP contribution is -2.38. The molecule has 0 aromatic carbocycles. The Labute approximate surface area is 148 Å². The first-order valence-corrected chi connectivity index (χ1v) is 8.01. The number of carbonyl (C=O) groups excluding carboxylic acids is 1. The summed E-state index contributed by atoms with van der Waals surface area (Å²) in [6, 6.07) is 3.53. The molecule has 0 spiro atoms. The van der Waals surface area contributed by atoms with E-state index in [1.165, 1.54) is 4.63 Å². The van der Waals surface area contributed by atoms with Crippen LogP contribution in [0.25, 0.3) is 5.65 Å². The predicted octanol–water partition coefficient (Wildman–Crippen LogP) is 0.511. The Bertz CT molecular complexity index is 959. The second-order valence-electron chi connectivity index (χ2n) is 5.97. The molecule has 0 atom stereocenters. The number of tetrazole rings is 1. The third-order valence-electron chi connectivity index (χ3n) is 4.23. The van der Waals surface area contributed by atoms with Gasteiger partial charge in [-0.1, -0.05) is 0 Å². The number of anilines is 2. The van der Waals surface area contributed by atoms with E-state index in [0.717, 1.165) is 0 Å². The van der Waals surface area contributed by atoms with E-state index in [1.54, 1.807) is 17.2 Å². The minimum Gasteiger partial charge on any atom is -0.355 e. The lowest BCUT2D eigenvalue weighted by molar-refractivity contribution is -0.144. The molecule has 4 rings (SSSR count). The Kier molecular flexibility index (Phi) is 4.08. The molecule has 27 heavy (non-hydrogen) atoms. The largest absolute Gasteiger partial charge is 0.451 e. The summed E-state index contributed by atoms with van der Waals surface area (Å²) in [4.78, 5) is 17.5. The Hall–Kier alpha value is -3.32. The van der Waals surface area contributed by atoms with Crippen LogP contribution in [0, 0.1) is 5.92 Å². The van der Waals surface area contributed by atoms with E-state index in [2.05, 4.69) is 36.0 Å². The van der Waals surface area contributed by atoms with Gasteiger partial charge in [0, 0.05) is 19.0 Å².